The maximum absolute atomic E-state index is 9.53. The zero-order chi connectivity index (χ0) is 12.1. The van der Waals surface area contributed by atoms with Crippen LogP contribution in [0.4, 0.5) is 11.8 Å². The second-order valence-corrected chi connectivity index (χ2v) is 4.57. The number of nitrogens with zero attached hydrogens (tertiary/aromatic N) is 2. The van der Waals surface area contributed by atoms with Gasteiger partial charge >= 0.3 is 0 Å². The normalized spacial score (nSPS) is 18.0. The minimum atomic E-state index is -0.183. The lowest BCUT2D eigenvalue weighted by Gasteiger charge is -2.28. The lowest BCUT2D eigenvalue weighted by Crippen LogP contribution is -2.39. The summed E-state index contributed by atoms with van der Waals surface area (Å²) in [6.45, 7) is 2.97. The molecule has 0 saturated heterocycles. The molecule has 1 aromatic heterocycles. The van der Waals surface area contributed by atoms with E-state index in [2.05, 4.69) is 20.6 Å². The highest BCUT2D eigenvalue weighted by Gasteiger charge is 2.33. The van der Waals surface area contributed by atoms with Crippen LogP contribution in [0.5, 0.6) is 0 Å². The standard InChI is InChI=1S/C12H20N4O/c1-2-13-11-14-8-5-10(15-11)16-12(9-17)6-3-4-7-12/h5,8,17H,2-4,6-7,9H2,1H3,(H2,13,14,15,16). The number of anilines is 2. The summed E-state index contributed by atoms with van der Waals surface area (Å²) in [5, 5.41) is 16.0. The van der Waals surface area contributed by atoms with Gasteiger partial charge in [-0.3, -0.25) is 0 Å². The number of aliphatic hydroxyl groups is 1. The molecular weight excluding hydrogens is 216 g/mol. The quantitative estimate of drug-likeness (QED) is 0.725. The van der Waals surface area contributed by atoms with Crippen LogP contribution in [-0.2, 0) is 0 Å². The zero-order valence-corrected chi connectivity index (χ0v) is 10.2. The van der Waals surface area contributed by atoms with Crippen molar-refractivity contribution in [3.63, 3.8) is 0 Å². The van der Waals surface area contributed by atoms with E-state index in [9.17, 15) is 5.11 Å². The summed E-state index contributed by atoms with van der Waals surface area (Å²) in [6.07, 6.45) is 6.07. The van der Waals surface area contributed by atoms with Crippen LogP contribution in [0, 0.1) is 0 Å². The van der Waals surface area contributed by atoms with Crippen LogP contribution in [0.25, 0.3) is 0 Å². The van der Waals surface area contributed by atoms with Crippen LogP contribution in [-0.4, -0.2) is 33.8 Å². The lowest BCUT2D eigenvalue weighted by molar-refractivity contribution is 0.214. The second-order valence-electron chi connectivity index (χ2n) is 4.57. The van der Waals surface area contributed by atoms with Crippen molar-refractivity contribution < 1.29 is 5.11 Å². The first-order chi connectivity index (χ1) is 8.28. The molecule has 0 atom stereocenters. The van der Waals surface area contributed by atoms with Gasteiger partial charge in [-0.2, -0.15) is 4.98 Å². The first-order valence-electron chi connectivity index (χ1n) is 6.24. The van der Waals surface area contributed by atoms with Crippen molar-refractivity contribution in [1.82, 2.24) is 9.97 Å². The fraction of sp³-hybridized carbons (Fsp3) is 0.667. The monoisotopic (exact) mass is 236 g/mol. The third-order valence-corrected chi connectivity index (χ3v) is 3.25. The number of hydrogen-bond acceptors (Lipinski definition) is 5. The largest absolute Gasteiger partial charge is 0.394 e. The molecule has 2 rings (SSSR count). The van der Waals surface area contributed by atoms with Gasteiger partial charge in [0.25, 0.3) is 0 Å². The number of nitrogens with one attached hydrogen (secondary N) is 2. The molecule has 1 aromatic rings. The second kappa shape index (κ2) is 5.31. The third kappa shape index (κ3) is 2.85. The summed E-state index contributed by atoms with van der Waals surface area (Å²) >= 11 is 0. The smallest absolute Gasteiger partial charge is 0.224 e. The molecule has 0 aromatic carbocycles. The Morgan fingerprint density at radius 1 is 1.41 bits per heavy atom. The van der Waals surface area contributed by atoms with Crippen molar-refractivity contribution in [1.29, 1.82) is 0 Å². The summed E-state index contributed by atoms with van der Waals surface area (Å²) in [4.78, 5) is 8.50. The van der Waals surface area contributed by atoms with Crippen LogP contribution in [0.2, 0.25) is 0 Å². The Kier molecular flexibility index (Phi) is 3.78. The first kappa shape index (κ1) is 12.1. The van der Waals surface area contributed by atoms with E-state index < -0.39 is 0 Å². The van der Waals surface area contributed by atoms with E-state index in [1.54, 1.807) is 6.20 Å². The van der Waals surface area contributed by atoms with Crippen LogP contribution < -0.4 is 10.6 Å². The molecule has 0 spiro atoms. The minimum absolute atomic E-state index is 0.160. The molecule has 0 radical (unpaired) electrons. The molecule has 3 N–H and O–H groups in total. The van der Waals surface area contributed by atoms with Gasteiger partial charge in [-0.05, 0) is 25.8 Å². The predicted molar refractivity (Wildman–Crippen MR) is 68.1 cm³/mol. The van der Waals surface area contributed by atoms with Crippen molar-refractivity contribution in [2.75, 3.05) is 23.8 Å². The summed E-state index contributed by atoms with van der Waals surface area (Å²) in [7, 11) is 0. The molecule has 0 aliphatic heterocycles. The Labute approximate surface area is 102 Å². The van der Waals surface area contributed by atoms with E-state index >= 15 is 0 Å². The highest BCUT2D eigenvalue weighted by molar-refractivity contribution is 5.42. The van der Waals surface area contributed by atoms with E-state index in [0.29, 0.717) is 5.95 Å². The zero-order valence-electron chi connectivity index (χ0n) is 10.2. The lowest BCUT2D eigenvalue weighted by atomic mass is 9.99. The number of hydrogen-bond donors (Lipinski definition) is 3. The summed E-state index contributed by atoms with van der Waals surface area (Å²) in [5.74, 6) is 1.41. The molecule has 1 heterocycles. The van der Waals surface area contributed by atoms with Gasteiger partial charge in [0, 0.05) is 12.7 Å². The molecule has 1 fully saturated rings. The number of aliphatic hydroxyl groups excluding tert-OH is 1. The van der Waals surface area contributed by atoms with E-state index in [1.165, 1.54) is 12.8 Å². The van der Waals surface area contributed by atoms with Gasteiger partial charge in [0.15, 0.2) is 0 Å². The van der Waals surface area contributed by atoms with Gasteiger partial charge in [0.2, 0.25) is 5.95 Å². The van der Waals surface area contributed by atoms with Crippen molar-refractivity contribution in [2.24, 2.45) is 0 Å². The Hall–Kier alpha value is -1.36. The van der Waals surface area contributed by atoms with E-state index in [0.717, 1.165) is 25.2 Å². The van der Waals surface area contributed by atoms with Crippen molar-refractivity contribution in [3.8, 4) is 0 Å². The minimum Gasteiger partial charge on any atom is -0.394 e. The molecule has 0 unspecified atom stereocenters. The molecule has 17 heavy (non-hydrogen) atoms. The molecular formula is C12H20N4O. The topological polar surface area (TPSA) is 70.1 Å². The van der Waals surface area contributed by atoms with Gasteiger partial charge in [-0.1, -0.05) is 12.8 Å². The van der Waals surface area contributed by atoms with E-state index in [1.807, 2.05) is 13.0 Å². The summed E-state index contributed by atoms with van der Waals surface area (Å²) < 4.78 is 0. The Balaban J connectivity index is 2.09. The van der Waals surface area contributed by atoms with E-state index in [-0.39, 0.29) is 12.1 Å². The van der Waals surface area contributed by atoms with Gasteiger partial charge in [-0.25, -0.2) is 4.98 Å². The highest BCUT2D eigenvalue weighted by atomic mass is 16.3. The molecule has 5 heteroatoms. The average Bonchev–Trinajstić information content (AvgIpc) is 2.79. The van der Waals surface area contributed by atoms with Crippen molar-refractivity contribution in [3.05, 3.63) is 12.3 Å². The molecule has 1 saturated carbocycles. The Bertz CT molecular complexity index is 363. The summed E-state index contributed by atoms with van der Waals surface area (Å²) in [5.41, 5.74) is -0.183. The molecule has 1 aliphatic carbocycles. The van der Waals surface area contributed by atoms with Gasteiger partial charge in [-0.15, -0.1) is 0 Å². The van der Waals surface area contributed by atoms with Gasteiger partial charge < -0.3 is 15.7 Å². The fourth-order valence-electron chi connectivity index (χ4n) is 2.32. The summed E-state index contributed by atoms with van der Waals surface area (Å²) in [6, 6.07) is 1.84. The van der Waals surface area contributed by atoms with Gasteiger partial charge in [0.1, 0.15) is 5.82 Å². The highest BCUT2D eigenvalue weighted by Crippen LogP contribution is 2.32. The number of aromatic nitrogens is 2. The maximum Gasteiger partial charge on any atom is 0.224 e. The SMILES string of the molecule is CCNc1nccc(NC2(CO)CCCC2)n1. The molecule has 0 bridgehead atoms. The molecule has 1 aliphatic rings. The maximum atomic E-state index is 9.53. The van der Waals surface area contributed by atoms with Crippen LogP contribution in [0.1, 0.15) is 32.6 Å². The third-order valence-electron chi connectivity index (χ3n) is 3.25. The molecule has 5 nitrogen and oxygen atoms in total. The molecule has 94 valence electrons. The first-order valence-corrected chi connectivity index (χ1v) is 6.24. The van der Waals surface area contributed by atoms with Crippen molar-refractivity contribution >= 4 is 11.8 Å². The van der Waals surface area contributed by atoms with Gasteiger partial charge in [0.05, 0.1) is 12.1 Å². The Morgan fingerprint density at radius 3 is 2.82 bits per heavy atom. The number of rotatable bonds is 5. The van der Waals surface area contributed by atoms with Crippen LogP contribution >= 0.6 is 0 Å². The van der Waals surface area contributed by atoms with Crippen molar-refractivity contribution in [2.45, 2.75) is 38.1 Å². The average molecular weight is 236 g/mol. The Morgan fingerprint density at radius 2 is 2.18 bits per heavy atom. The predicted octanol–water partition coefficient (Wildman–Crippen LogP) is 1.63. The van der Waals surface area contributed by atoms with Crippen LogP contribution in [0.3, 0.4) is 0 Å². The van der Waals surface area contributed by atoms with E-state index in [4.69, 9.17) is 0 Å². The molecule has 0 amide bonds. The van der Waals surface area contributed by atoms with Crippen LogP contribution in [0.15, 0.2) is 12.3 Å². The fourth-order valence-corrected chi connectivity index (χ4v) is 2.32.